The van der Waals surface area contributed by atoms with Crippen molar-refractivity contribution in [1.29, 1.82) is 0 Å². The Morgan fingerprint density at radius 3 is 3.11 bits per heavy atom. The largest absolute Gasteiger partial charge is 0.481 e. The molecule has 0 aliphatic carbocycles. The lowest BCUT2D eigenvalue weighted by molar-refractivity contribution is -0.136. The summed E-state index contributed by atoms with van der Waals surface area (Å²) in [4.78, 5) is 14.7. The highest BCUT2D eigenvalue weighted by atomic mass is 16.5. The van der Waals surface area contributed by atoms with Gasteiger partial charge in [-0.05, 0) is 6.42 Å². The van der Waals surface area contributed by atoms with Gasteiger partial charge in [-0.1, -0.05) is 17.3 Å². The first-order chi connectivity index (χ1) is 8.67. The lowest BCUT2D eigenvalue weighted by Gasteiger charge is -1.92. The van der Waals surface area contributed by atoms with Crippen LogP contribution < -0.4 is 0 Å². The third-order valence-electron chi connectivity index (χ3n) is 2.20. The molecule has 0 aliphatic heterocycles. The van der Waals surface area contributed by atoms with Crippen molar-refractivity contribution < 1.29 is 14.4 Å². The summed E-state index contributed by atoms with van der Waals surface area (Å²) in [5.41, 5.74) is 0.403. The molecule has 8 nitrogen and oxygen atoms in total. The molecule has 0 fully saturated rings. The average Bonchev–Trinajstić information content (AvgIpc) is 2.89. The number of aromatic nitrogens is 5. The number of hydrogen-bond donors (Lipinski definition) is 1. The summed E-state index contributed by atoms with van der Waals surface area (Å²) in [7, 11) is 0. The van der Waals surface area contributed by atoms with Crippen molar-refractivity contribution in [2.75, 3.05) is 0 Å². The second kappa shape index (κ2) is 5.39. The molecule has 0 aromatic carbocycles. The first kappa shape index (κ1) is 12.2. The fraction of sp³-hybridized carbons (Fsp3) is 0.500. The molecule has 8 heteroatoms. The van der Waals surface area contributed by atoms with Crippen LogP contribution >= 0.6 is 0 Å². The molecule has 0 radical (unpaired) electrons. The first-order valence-corrected chi connectivity index (χ1v) is 5.59. The Labute approximate surface area is 103 Å². The summed E-state index contributed by atoms with van der Waals surface area (Å²) in [6, 6.07) is 0. The first-order valence-electron chi connectivity index (χ1n) is 5.59. The van der Waals surface area contributed by atoms with Crippen LogP contribution in [0.5, 0.6) is 0 Å². The Kier molecular flexibility index (Phi) is 3.66. The van der Waals surface area contributed by atoms with E-state index in [4.69, 9.17) is 9.63 Å². The van der Waals surface area contributed by atoms with Crippen LogP contribution in [0.4, 0.5) is 0 Å². The molecule has 0 atom stereocenters. The minimum atomic E-state index is -0.938. The van der Waals surface area contributed by atoms with Crippen molar-refractivity contribution in [3.05, 3.63) is 23.6 Å². The zero-order chi connectivity index (χ0) is 13.0. The monoisotopic (exact) mass is 251 g/mol. The highest BCUT2D eigenvalue weighted by Crippen LogP contribution is 2.03. The number of aliphatic carboxylic acids is 1. The van der Waals surface area contributed by atoms with Crippen molar-refractivity contribution >= 4 is 5.97 Å². The van der Waals surface area contributed by atoms with Crippen molar-refractivity contribution in [3.63, 3.8) is 0 Å². The van der Waals surface area contributed by atoms with Gasteiger partial charge in [-0.3, -0.25) is 4.79 Å². The van der Waals surface area contributed by atoms with Gasteiger partial charge < -0.3 is 9.63 Å². The van der Waals surface area contributed by atoms with E-state index in [2.05, 4.69) is 20.5 Å². The summed E-state index contributed by atoms with van der Waals surface area (Å²) < 4.78 is 6.52. The quantitative estimate of drug-likeness (QED) is 0.786. The topological polar surface area (TPSA) is 107 Å². The molecule has 0 spiro atoms. The van der Waals surface area contributed by atoms with Crippen molar-refractivity contribution in [3.8, 4) is 0 Å². The molecule has 18 heavy (non-hydrogen) atoms. The van der Waals surface area contributed by atoms with Crippen molar-refractivity contribution in [1.82, 2.24) is 25.1 Å². The van der Waals surface area contributed by atoms with E-state index in [0.29, 0.717) is 24.0 Å². The maximum Gasteiger partial charge on any atom is 0.309 e. The third kappa shape index (κ3) is 3.12. The predicted octanol–water partition coefficient (Wildman–Crippen LogP) is 0.289. The maximum absolute atomic E-state index is 10.5. The third-order valence-corrected chi connectivity index (χ3v) is 2.20. The normalized spacial score (nSPS) is 10.7. The number of nitrogens with zero attached hydrogens (tertiary/aromatic N) is 5. The number of carboxylic acids is 1. The van der Waals surface area contributed by atoms with E-state index in [1.165, 1.54) is 4.68 Å². The standard InChI is InChI=1S/C10H13N5O3/c1-2-3-9-11-8(13-18-9)6-15-5-7(12-14-15)4-10(16)17/h5H,2-4,6H2,1H3,(H,16,17). The summed E-state index contributed by atoms with van der Waals surface area (Å²) in [5.74, 6) is 0.162. The zero-order valence-electron chi connectivity index (χ0n) is 9.91. The minimum Gasteiger partial charge on any atom is -0.481 e. The Morgan fingerprint density at radius 2 is 2.39 bits per heavy atom. The van der Waals surface area contributed by atoms with Gasteiger partial charge in [-0.2, -0.15) is 4.98 Å². The summed E-state index contributed by atoms with van der Waals surface area (Å²) in [5, 5.41) is 20.0. The second-order valence-corrected chi connectivity index (χ2v) is 3.83. The number of carbonyl (C=O) groups is 1. The van der Waals surface area contributed by atoms with Crippen molar-refractivity contribution in [2.45, 2.75) is 32.7 Å². The van der Waals surface area contributed by atoms with Crippen LogP contribution in [-0.2, 0) is 24.2 Å². The molecule has 2 aromatic heterocycles. The molecule has 2 heterocycles. The van der Waals surface area contributed by atoms with E-state index in [1.54, 1.807) is 6.20 Å². The molecular formula is C10H13N5O3. The van der Waals surface area contributed by atoms with Gasteiger partial charge in [0.25, 0.3) is 0 Å². The van der Waals surface area contributed by atoms with Gasteiger partial charge in [0.1, 0.15) is 6.54 Å². The van der Waals surface area contributed by atoms with Gasteiger partial charge in [0.2, 0.25) is 5.89 Å². The van der Waals surface area contributed by atoms with Gasteiger partial charge in [-0.25, -0.2) is 4.68 Å². The molecule has 1 N–H and O–H groups in total. The van der Waals surface area contributed by atoms with Gasteiger partial charge in [0.05, 0.1) is 12.1 Å². The lowest BCUT2D eigenvalue weighted by Crippen LogP contribution is -2.02. The van der Waals surface area contributed by atoms with Crippen LogP contribution in [0.25, 0.3) is 0 Å². The lowest BCUT2D eigenvalue weighted by atomic mass is 10.3. The van der Waals surface area contributed by atoms with Crippen LogP contribution in [-0.4, -0.2) is 36.2 Å². The molecular weight excluding hydrogens is 238 g/mol. The van der Waals surface area contributed by atoms with Crippen molar-refractivity contribution in [2.24, 2.45) is 0 Å². The van der Waals surface area contributed by atoms with Crippen LogP contribution in [0.1, 0.15) is 30.8 Å². The van der Waals surface area contributed by atoms with E-state index in [0.717, 1.165) is 12.8 Å². The molecule has 0 saturated heterocycles. The Bertz CT molecular complexity index is 533. The van der Waals surface area contributed by atoms with Gasteiger partial charge in [0.15, 0.2) is 5.82 Å². The fourth-order valence-electron chi connectivity index (χ4n) is 1.47. The van der Waals surface area contributed by atoms with Crippen LogP contribution in [0, 0.1) is 0 Å². The predicted molar refractivity (Wildman–Crippen MR) is 58.8 cm³/mol. The van der Waals surface area contributed by atoms with Gasteiger partial charge in [-0.15, -0.1) is 5.10 Å². The molecule has 2 rings (SSSR count). The van der Waals surface area contributed by atoms with E-state index in [-0.39, 0.29) is 6.42 Å². The Hall–Kier alpha value is -2.25. The summed E-state index contributed by atoms with van der Waals surface area (Å²) >= 11 is 0. The van der Waals surface area contributed by atoms with E-state index in [1.807, 2.05) is 6.92 Å². The number of hydrogen-bond acceptors (Lipinski definition) is 6. The summed E-state index contributed by atoms with van der Waals surface area (Å²) in [6.45, 7) is 2.35. The second-order valence-electron chi connectivity index (χ2n) is 3.83. The fourth-order valence-corrected chi connectivity index (χ4v) is 1.47. The molecule has 0 unspecified atom stereocenters. The highest BCUT2D eigenvalue weighted by Gasteiger charge is 2.09. The van der Waals surface area contributed by atoms with Gasteiger partial charge in [0, 0.05) is 12.6 Å². The molecule has 0 amide bonds. The summed E-state index contributed by atoms with van der Waals surface area (Å²) in [6.07, 6.45) is 3.10. The maximum atomic E-state index is 10.5. The molecule has 0 aliphatic rings. The number of rotatable bonds is 6. The van der Waals surface area contributed by atoms with Gasteiger partial charge >= 0.3 is 5.97 Å². The SMILES string of the molecule is CCCc1nc(Cn2cc(CC(=O)O)nn2)no1. The Balaban J connectivity index is 1.99. The van der Waals surface area contributed by atoms with E-state index in [9.17, 15) is 4.79 Å². The zero-order valence-corrected chi connectivity index (χ0v) is 9.91. The van der Waals surface area contributed by atoms with Crippen LogP contribution in [0.2, 0.25) is 0 Å². The molecule has 96 valence electrons. The van der Waals surface area contributed by atoms with Crippen LogP contribution in [0.3, 0.4) is 0 Å². The van der Waals surface area contributed by atoms with E-state index < -0.39 is 5.97 Å². The highest BCUT2D eigenvalue weighted by molar-refractivity contribution is 5.69. The smallest absolute Gasteiger partial charge is 0.309 e. The number of aryl methyl sites for hydroxylation is 1. The molecule has 0 bridgehead atoms. The number of carboxylic acid groups (broad SMARTS) is 1. The van der Waals surface area contributed by atoms with Crippen LogP contribution in [0.15, 0.2) is 10.7 Å². The molecule has 0 saturated carbocycles. The Morgan fingerprint density at radius 1 is 1.56 bits per heavy atom. The minimum absolute atomic E-state index is 0.146. The average molecular weight is 251 g/mol. The molecule has 2 aromatic rings. The van der Waals surface area contributed by atoms with E-state index >= 15 is 0 Å².